The average molecular weight is 464 g/mol. The molecule has 1 aliphatic heterocycles. The van der Waals surface area contributed by atoms with Crippen LogP contribution in [0.5, 0.6) is 0 Å². The molecule has 0 radical (unpaired) electrons. The van der Waals surface area contributed by atoms with E-state index in [2.05, 4.69) is 41.4 Å². The summed E-state index contributed by atoms with van der Waals surface area (Å²) in [5.41, 5.74) is 10.1. The van der Waals surface area contributed by atoms with E-state index in [0.717, 1.165) is 10.0 Å². The fourth-order valence-electron chi connectivity index (χ4n) is 3.05. The van der Waals surface area contributed by atoms with Crippen LogP contribution in [0.2, 0.25) is 0 Å². The number of halogens is 1. The highest BCUT2D eigenvalue weighted by Gasteiger charge is 2.45. The molecule has 0 aliphatic carbocycles. The summed E-state index contributed by atoms with van der Waals surface area (Å²) in [5.74, 6) is 0.316. The van der Waals surface area contributed by atoms with Gasteiger partial charge in [0.25, 0.3) is 0 Å². The standard InChI is InChI=1S/C17H18BrN7O4/c18-9-3-1-8(2-4-9)5-22-24-17-23-11-14(19)20-7-21-15(11)25(17)16-13(28)12(27)10(6-26)29-16/h1-5,7,10,12-13,16,26-28H,6H2,(H,23,24)(H2,19,20,21)/t10-,12-,13-,16-/m0/s1. The highest BCUT2D eigenvalue weighted by atomic mass is 79.9. The summed E-state index contributed by atoms with van der Waals surface area (Å²) < 4.78 is 7.99. The number of nitrogens with two attached hydrogens (primary N) is 1. The van der Waals surface area contributed by atoms with Crippen LogP contribution < -0.4 is 11.2 Å². The molecule has 2 aromatic heterocycles. The normalized spacial score (nSPS) is 24.6. The molecule has 0 bridgehead atoms. The molecule has 3 aromatic rings. The van der Waals surface area contributed by atoms with Gasteiger partial charge in [0.1, 0.15) is 24.6 Å². The number of nitrogens with one attached hydrogen (secondary N) is 1. The van der Waals surface area contributed by atoms with Gasteiger partial charge in [-0.05, 0) is 17.7 Å². The third kappa shape index (κ3) is 3.68. The molecule has 29 heavy (non-hydrogen) atoms. The van der Waals surface area contributed by atoms with Gasteiger partial charge in [-0.15, -0.1) is 0 Å². The lowest BCUT2D eigenvalue weighted by Gasteiger charge is -2.18. The lowest BCUT2D eigenvalue weighted by atomic mass is 10.1. The van der Waals surface area contributed by atoms with Gasteiger partial charge >= 0.3 is 0 Å². The van der Waals surface area contributed by atoms with Crippen LogP contribution in [0.15, 0.2) is 40.2 Å². The van der Waals surface area contributed by atoms with Crippen LogP contribution >= 0.6 is 15.9 Å². The summed E-state index contributed by atoms with van der Waals surface area (Å²) >= 11 is 3.37. The molecule has 4 rings (SSSR count). The molecule has 11 nitrogen and oxygen atoms in total. The van der Waals surface area contributed by atoms with Gasteiger partial charge in [0.05, 0.1) is 12.8 Å². The fraction of sp³-hybridized carbons (Fsp3) is 0.294. The van der Waals surface area contributed by atoms with Gasteiger partial charge in [-0.2, -0.15) is 5.10 Å². The molecule has 6 N–H and O–H groups in total. The number of ether oxygens (including phenoxy) is 1. The van der Waals surface area contributed by atoms with E-state index in [1.807, 2.05) is 24.3 Å². The lowest BCUT2D eigenvalue weighted by Crippen LogP contribution is -2.33. The first kappa shape index (κ1) is 19.7. The molecular formula is C17H18BrN7O4. The van der Waals surface area contributed by atoms with Crippen LogP contribution in [0.25, 0.3) is 11.2 Å². The Morgan fingerprint density at radius 3 is 2.69 bits per heavy atom. The summed E-state index contributed by atoms with van der Waals surface area (Å²) in [4.78, 5) is 12.4. The van der Waals surface area contributed by atoms with Gasteiger partial charge in [0, 0.05) is 4.47 Å². The minimum absolute atomic E-state index is 0.139. The second-order valence-corrected chi connectivity index (χ2v) is 7.30. The van der Waals surface area contributed by atoms with E-state index in [1.54, 1.807) is 6.21 Å². The number of fused-ring (bicyclic) bond motifs is 1. The largest absolute Gasteiger partial charge is 0.394 e. The first-order valence-electron chi connectivity index (χ1n) is 8.65. The first-order valence-corrected chi connectivity index (χ1v) is 9.44. The average Bonchev–Trinajstić information content (AvgIpc) is 3.22. The van der Waals surface area contributed by atoms with Crippen molar-refractivity contribution >= 4 is 45.1 Å². The van der Waals surface area contributed by atoms with Gasteiger partial charge in [0.15, 0.2) is 23.2 Å². The zero-order valence-electron chi connectivity index (χ0n) is 14.9. The number of hydrogen-bond donors (Lipinski definition) is 5. The summed E-state index contributed by atoms with van der Waals surface area (Å²) in [6.45, 7) is -0.455. The van der Waals surface area contributed by atoms with Crippen molar-refractivity contribution in [3.8, 4) is 0 Å². The Bertz CT molecular complexity index is 1040. The fourth-order valence-corrected chi connectivity index (χ4v) is 3.32. The van der Waals surface area contributed by atoms with Crippen molar-refractivity contribution in [3.63, 3.8) is 0 Å². The van der Waals surface area contributed by atoms with Crippen molar-refractivity contribution in [1.82, 2.24) is 19.5 Å². The van der Waals surface area contributed by atoms with E-state index in [1.165, 1.54) is 10.9 Å². The predicted octanol–water partition coefficient (Wildman–Crippen LogP) is 0.228. The minimum atomic E-state index is -1.32. The first-order chi connectivity index (χ1) is 14.0. The molecule has 1 aromatic carbocycles. The van der Waals surface area contributed by atoms with Crippen LogP contribution in [0.4, 0.5) is 11.8 Å². The second kappa shape index (κ2) is 8.00. The summed E-state index contributed by atoms with van der Waals surface area (Å²) in [7, 11) is 0. The number of hydrazone groups is 1. The van der Waals surface area contributed by atoms with Crippen LogP contribution in [-0.2, 0) is 4.74 Å². The number of anilines is 2. The molecule has 1 fully saturated rings. The lowest BCUT2D eigenvalue weighted by molar-refractivity contribution is -0.0501. The Labute approximate surface area is 173 Å². The van der Waals surface area contributed by atoms with Crippen LogP contribution in [0.3, 0.4) is 0 Å². The summed E-state index contributed by atoms with van der Waals surface area (Å²) in [5, 5.41) is 34.1. The van der Waals surface area contributed by atoms with Crippen LogP contribution in [0, 0.1) is 0 Å². The monoisotopic (exact) mass is 463 g/mol. The topological polar surface area (TPSA) is 164 Å². The number of benzene rings is 1. The van der Waals surface area contributed by atoms with E-state index in [0.29, 0.717) is 0 Å². The number of aromatic nitrogens is 4. The number of hydrogen-bond acceptors (Lipinski definition) is 10. The zero-order chi connectivity index (χ0) is 20.5. The maximum Gasteiger partial charge on any atom is 0.228 e. The van der Waals surface area contributed by atoms with E-state index < -0.39 is 31.1 Å². The van der Waals surface area contributed by atoms with E-state index in [9.17, 15) is 15.3 Å². The number of nitrogen functional groups attached to an aromatic ring is 1. The smallest absolute Gasteiger partial charge is 0.228 e. The Kier molecular flexibility index (Phi) is 5.43. The SMILES string of the molecule is Nc1ncnc2c1nc(NN=Cc1ccc(Br)cc1)n2[C@H]1O[C@@H](CO)[C@H](O)[C@@H]1O. The molecular weight excluding hydrogens is 446 g/mol. The van der Waals surface area contributed by atoms with Crippen molar-refractivity contribution in [2.75, 3.05) is 17.8 Å². The molecule has 0 saturated carbocycles. The van der Waals surface area contributed by atoms with Gasteiger partial charge in [-0.1, -0.05) is 28.1 Å². The van der Waals surface area contributed by atoms with Crippen molar-refractivity contribution in [1.29, 1.82) is 0 Å². The Balaban J connectivity index is 1.71. The van der Waals surface area contributed by atoms with Crippen molar-refractivity contribution < 1.29 is 20.1 Å². The van der Waals surface area contributed by atoms with Crippen LogP contribution in [0.1, 0.15) is 11.8 Å². The zero-order valence-corrected chi connectivity index (χ0v) is 16.5. The maximum atomic E-state index is 10.4. The molecule has 0 amide bonds. The summed E-state index contributed by atoms with van der Waals surface area (Å²) in [6.07, 6.45) is -1.77. The maximum absolute atomic E-state index is 10.4. The number of imidazole rings is 1. The quantitative estimate of drug-likeness (QED) is 0.263. The Hall–Kier alpha value is -2.64. The predicted molar refractivity (Wildman–Crippen MR) is 108 cm³/mol. The highest BCUT2D eigenvalue weighted by Crippen LogP contribution is 2.35. The van der Waals surface area contributed by atoms with Gasteiger partial charge < -0.3 is 25.8 Å². The van der Waals surface area contributed by atoms with Gasteiger partial charge in [0.2, 0.25) is 5.95 Å². The molecule has 3 heterocycles. The minimum Gasteiger partial charge on any atom is -0.394 e. The number of rotatable bonds is 5. The highest BCUT2D eigenvalue weighted by molar-refractivity contribution is 9.10. The molecule has 12 heteroatoms. The van der Waals surface area contributed by atoms with Gasteiger partial charge in [-0.3, -0.25) is 4.57 Å². The molecule has 1 aliphatic rings. The number of aliphatic hydroxyl groups excluding tert-OH is 3. The Morgan fingerprint density at radius 1 is 1.24 bits per heavy atom. The van der Waals surface area contributed by atoms with E-state index in [-0.39, 0.29) is 22.9 Å². The molecule has 4 atom stereocenters. The van der Waals surface area contributed by atoms with Crippen LogP contribution in [-0.4, -0.2) is 66.0 Å². The second-order valence-electron chi connectivity index (χ2n) is 6.39. The third-order valence-electron chi connectivity index (χ3n) is 4.53. The van der Waals surface area contributed by atoms with Crippen molar-refractivity contribution in [2.24, 2.45) is 5.10 Å². The number of aliphatic hydroxyl groups is 3. The number of nitrogens with zero attached hydrogens (tertiary/aromatic N) is 5. The van der Waals surface area contributed by atoms with Gasteiger partial charge in [-0.25, -0.2) is 20.4 Å². The van der Waals surface area contributed by atoms with E-state index in [4.69, 9.17) is 10.5 Å². The molecule has 0 spiro atoms. The van der Waals surface area contributed by atoms with E-state index >= 15 is 0 Å². The Morgan fingerprint density at radius 2 is 2.00 bits per heavy atom. The molecule has 0 unspecified atom stereocenters. The van der Waals surface area contributed by atoms with Crippen molar-refractivity contribution in [3.05, 3.63) is 40.6 Å². The summed E-state index contributed by atoms with van der Waals surface area (Å²) in [6, 6.07) is 7.50. The molecule has 152 valence electrons. The van der Waals surface area contributed by atoms with Crippen molar-refractivity contribution in [2.45, 2.75) is 24.5 Å². The third-order valence-corrected chi connectivity index (χ3v) is 5.05. The molecule has 1 saturated heterocycles.